The third-order valence-electron chi connectivity index (χ3n) is 7.68. The van der Waals surface area contributed by atoms with Crippen molar-refractivity contribution in [3.8, 4) is 5.75 Å². The highest BCUT2D eigenvalue weighted by Crippen LogP contribution is 2.29. The average molecular weight is 461 g/mol. The van der Waals surface area contributed by atoms with Gasteiger partial charge in [-0.1, -0.05) is 6.07 Å². The predicted molar refractivity (Wildman–Crippen MR) is 137 cm³/mol. The number of benzene rings is 2. The quantitative estimate of drug-likeness (QED) is 0.485. The highest BCUT2D eigenvalue weighted by Gasteiger charge is 2.29. The maximum Gasteiger partial charge on any atom is 0.289 e. The van der Waals surface area contributed by atoms with Crippen LogP contribution in [0.5, 0.6) is 5.75 Å². The summed E-state index contributed by atoms with van der Waals surface area (Å²) in [5, 5.41) is 0. The molecule has 2 heterocycles. The maximum absolute atomic E-state index is 13.2. The van der Waals surface area contributed by atoms with Crippen LogP contribution in [0.3, 0.4) is 0 Å². The second-order valence-electron chi connectivity index (χ2n) is 9.54. The minimum atomic E-state index is -0.0342. The Morgan fingerprint density at radius 1 is 0.971 bits per heavy atom. The Bertz CT molecular complexity index is 1180. The van der Waals surface area contributed by atoms with Crippen molar-refractivity contribution in [1.82, 2.24) is 4.90 Å². The van der Waals surface area contributed by atoms with E-state index in [1.165, 1.54) is 33.4 Å². The van der Waals surface area contributed by atoms with Crippen molar-refractivity contribution in [2.45, 2.75) is 54.0 Å². The first-order valence-electron chi connectivity index (χ1n) is 12.1. The first kappa shape index (κ1) is 23.9. The lowest BCUT2D eigenvalue weighted by Crippen LogP contribution is -2.53. The Morgan fingerprint density at radius 3 is 2.29 bits per heavy atom. The number of hydrogen-bond acceptors (Lipinski definition) is 4. The van der Waals surface area contributed by atoms with Crippen LogP contribution in [-0.4, -0.2) is 43.6 Å². The molecule has 2 aromatic carbocycles. The van der Waals surface area contributed by atoms with Gasteiger partial charge in [0.1, 0.15) is 11.5 Å². The van der Waals surface area contributed by atoms with Crippen molar-refractivity contribution in [3.05, 3.63) is 81.3 Å². The molecule has 4 rings (SSSR count). The molecule has 1 saturated heterocycles. The zero-order valence-electron chi connectivity index (χ0n) is 21.5. The highest BCUT2D eigenvalue weighted by atomic mass is 16.5. The lowest BCUT2D eigenvalue weighted by Gasteiger charge is -2.41. The lowest BCUT2D eigenvalue weighted by atomic mass is 9.88. The number of nitrogens with zero attached hydrogens (tertiary/aromatic N) is 2. The van der Waals surface area contributed by atoms with Gasteiger partial charge in [0.25, 0.3) is 5.91 Å². The van der Waals surface area contributed by atoms with Crippen LogP contribution in [0.25, 0.3) is 0 Å². The van der Waals surface area contributed by atoms with E-state index in [0.717, 1.165) is 23.7 Å². The van der Waals surface area contributed by atoms with E-state index in [9.17, 15) is 4.79 Å². The number of hydrogen-bond donors (Lipinski definition) is 0. The number of anilines is 1. The second-order valence-corrected chi connectivity index (χ2v) is 9.54. The summed E-state index contributed by atoms with van der Waals surface area (Å²) in [6.45, 7) is 15.2. The van der Waals surface area contributed by atoms with E-state index in [-0.39, 0.29) is 11.9 Å². The molecule has 1 aliphatic rings. The van der Waals surface area contributed by atoms with E-state index in [2.05, 4.69) is 52.5 Å². The molecule has 1 fully saturated rings. The molecule has 1 atom stereocenters. The molecule has 0 N–H and O–H groups in total. The summed E-state index contributed by atoms with van der Waals surface area (Å²) in [4.78, 5) is 17.5. The number of methoxy groups -OCH3 is 1. The van der Waals surface area contributed by atoms with Crippen LogP contribution in [0, 0.1) is 34.6 Å². The summed E-state index contributed by atoms with van der Waals surface area (Å²) in [7, 11) is 1.68. The van der Waals surface area contributed by atoms with E-state index in [1.807, 2.05) is 35.2 Å². The number of carbonyl (C=O) groups is 1. The molecule has 0 bridgehead atoms. The van der Waals surface area contributed by atoms with Crippen LogP contribution in [0.1, 0.15) is 56.6 Å². The van der Waals surface area contributed by atoms with Crippen molar-refractivity contribution < 1.29 is 13.9 Å². The van der Waals surface area contributed by atoms with Gasteiger partial charge in [0.15, 0.2) is 5.76 Å². The Labute approximate surface area is 203 Å². The zero-order chi connectivity index (χ0) is 24.6. The fourth-order valence-electron chi connectivity index (χ4n) is 5.08. The molecular weight excluding hydrogens is 424 g/mol. The van der Waals surface area contributed by atoms with Crippen molar-refractivity contribution in [1.29, 1.82) is 0 Å². The van der Waals surface area contributed by atoms with E-state index in [4.69, 9.17) is 9.15 Å². The Balaban J connectivity index is 1.46. The van der Waals surface area contributed by atoms with Crippen molar-refractivity contribution in [2.75, 3.05) is 31.6 Å². The van der Waals surface area contributed by atoms with Crippen LogP contribution >= 0.6 is 0 Å². The smallest absolute Gasteiger partial charge is 0.289 e. The first-order valence-corrected chi connectivity index (χ1v) is 12.1. The zero-order valence-corrected chi connectivity index (χ0v) is 21.5. The van der Waals surface area contributed by atoms with Gasteiger partial charge < -0.3 is 19.0 Å². The number of piperazine rings is 1. The van der Waals surface area contributed by atoms with Crippen LogP contribution in [0.15, 0.2) is 40.8 Å². The van der Waals surface area contributed by atoms with Gasteiger partial charge in [0.2, 0.25) is 0 Å². The molecule has 1 aliphatic heterocycles. The summed E-state index contributed by atoms with van der Waals surface area (Å²) in [6, 6.07) is 12.1. The van der Waals surface area contributed by atoms with Gasteiger partial charge in [0, 0.05) is 43.9 Å². The Kier molecular flexibility index (Phi) is 6.74. The minimum Gasteiger partial charge on any atom is -0.497 e. The number of amides is 1. The number of carbonyl (C=O) groups excluding carboxylic acids is 1. The van der Waals surface area contributed by atoms with Gasteiger partial charge in [-0.2, -0.15) is 0 Å². The first-order chi connectivity index (χ1) is 16.2. The Morgan fingerprint density at radius 2 is 1.65 bits per heavy atom. The van der Waals surface area contributed by atoms with E-state index in [1.54, 1.807) is 7.11 Å². The summed E-state index contributed by atoms with van der Waals surface area (Å²) >= 11 is 0. The molecule has 0 radical (unpaired) electrons. The van der Waals surface area contributed by atoms with Crippen molar-refractivity contribution in [3.63, 3.8) is 0 Å². The third kappa shape index (κ3) is 4.44. The van der Waals surface area contributed by atoms with Crippen LogP contribution in [0.2, 0.25) is 0 Å². The lowest BCUT2D eigenvalue weighted by molar-refractivity contribution is 0.0692. The number of furan rings is 1. The molecule has 1 amide bonds. The van der Waals surface area contributed by atoms with E-state index >= 15 is 0 Å². The van der Waals surface area contributed by atoms with Crippen LogP contribution in [-0.2, 0) is 6.42 Å². The van der Waals surface area contributed by atoms with Gasteiger partial charge in [-0.15, -0.1) is 0 Å². The standard InChI is InChI=1S/C29H36N2O3/c1-18-17-30(13-14-31(18)24-9-8-10-25(15-24)33-7)29(32)28-12-11-26(34-28)16-27-22(5)20(3)19(2)21(4)23(27)6/h8-12,15,18H,13-14,16-17H2,1-7H3. The van der Waals surface area contributed by atoms with Gasteiger partial charge in [-0.25, -0.2) is 0 Å². The Hall–Kier alpha value is -3.21. The summed E-state index contributed by atoms with van der Waals surface area (Å²) < 4.78 is 11.5. The van der Waals surface area contributed by atoms with Crippen molar-refractivity contribution in [2.24, 2.45) is 0 Å². The monoisotopic (exact) mass is 460 g/mol. The SMILES string of the molecule is COc1cccc(N2CCN(C(=O)c3ccc(Cc4c(C)c(C)c(C)c(C)c4C)o3)CC2C)c1. The van der Waals surface area contributed by atoms with Crippen molar-refractivity contribution >= 4 is 11.6 Å². The highest BCUT2D eigenvalue weighted by molar-refractivity contribution is 5.91. The molecule has 0 spiro atoms. The minimum absolute atomic E-state index is 0.0342. The predicted octanol–water partition coefficient (Wildman–Crippen LogP) is 5.77. The molecule has 5 nitrogen and oxygen atoms in total. The molecule has 5 heteroatoms. The van der Waals surface area contributed by atoms with Crippen LogP contribution in [0.4, 0.5) is 5.69 Å². The molecular formula is C29H36N2O3. The van der Waals surface area contributed by atoms with Crippen LogP contribution < -0.4 is 9.64 Å². The molecule has 1 aromatic heterocycles. The molecule has 180 valence electrons. The largest absolute Gasteiger partial charge is 0.497 e. The molecule has 0 saturated carbocycles. The summed E-state index contributed by atoms with van der Waals surface area (Å²) in [6.07, 6.45) is 0.701. The van der Waals surface area contributed by atoms with Gasteiger partial charge in [-0.05, 0) is 99.2 Å². The van der Waals surface area contributed by atoms with Gasteiger partial charge in [0.05, 0.1) is 7.11 Å². The summed E-state index contributed by atoms with van der Waals surface area (Å²) in [5.41, 5.74) is 9.08. The van der Waals surface area contributed by atoms with E-state index in [0.29, 0.717) is 25.3 Å². The molecule has 3 aromatic rings. The fraction of sp³-hybridized carbons (Fsp3) is 0.414. The fourth-order valence-corrected chi connectivity index (χ4v) is 5.08. The number of rotatable bonds is 5. The van der Waals surface area contributed by atoms with Gasteiger partial charge in [-0.3, -0.25) is 4.79 Å². The summed E-state index contributed by atoms with van der Waals surface area (Å²) in [5.74, 6) is 2.07. The third-order valence-corrected chi connectivity index (χ3v) is 7.68. The maximum atomic E-state index is 13.2. The second kappa shape index (κ2) is 9.57. The number of ether oxygens (including phenoxy) is 1. The van der Waals surface area contributed by atoms with E-state index < -0.39 is 0 Å². The topological polar surface area (TPSA) is 45.9 Å². The average Bonchev–Trinajstić information content (AvgIpc) is 3.32. The molecule has 1 unspecified atom stereocenters. The normalized spacial score (nSPS) is 16.1. The van der Waals surface area contributed by atoms with Gasteiger partial charge >= 0.3 is 0 Å². The molecule has 34 heavy (non-hydrogen) atoms. The molecule has 0 aliphatic carbocycles.